The van der Waals surface area contributed by atoms with E-state index in [0.717, 1.165) is 18.4 Å². The van der Waals surface area contributed by atoms with E-state index in [1.165, 1.54) is 0 Å². The van der Waals surface area contributed by atoms with Crippen molar-refractivity contribution in [2.24, 2.45) is 5.92 Å². The molecule has 1 aromatic carbocycles. The summed E-state index contributed by atoms with van der Waals surface area (Å²) in [4.78, 5) is 16.8. The molecule has 2 aromatic heterocycles. The fraction of sp³-hybridized carbons (Fsp3) is 0.381. The van der Waals surface area contributed by atoms with Gasteiger partial charge in [-0.1, -0.05) is 37.3 Å². The summed E-state index contributed by atoms with van der Waals surface area (Å²) in [5.74, 6) is 0.890. The first-order chi connectivity index (χ1) is 13.9. The maximum absolute atomic E-state index is 12.5. The summed E-state index contributed by atoms with van der Waals surface area (Å²) in [6.07, 6.45) is 4.17. The van der Waals surface area contributed by atoms with Crippen LogP contribution >= 0.6 is 0 Å². The highest BCUT2D eigenvalue weighted by Gasteiger charge is 2.28. The number of aromatic amines is 1. The molecule has 0 radical (unpaired) electrons. The van der Waals surface area contributed by atoms with Crippen LogP contribution < -0.4 is 4.72 Å². The van der Waals surface area contributed by atoms with E-state index in [0.29, 0.717) is 23.0 Å². The number of sulfonamides is 1. The van der Waals surface area contributed by atoms with Crippen molar-refractivity contribution < 1.29 is 13.2 Å². The monoisotopic (exact) mass is 412 g/mol. The number of rotatable bonds is 9. The molecule has 2 heterocycles. The van der Waals surface area contributed by atoms with Gasteiger partial charge in [0.25, 0.3) is 0 Å². The van der Waals surface area contributed by atoms with Crippen LogP contribution in [0.2, 0.25) is 0 Å². The van der Waals surface area contributed by atoms with Crippen LogP contribution in [-0.4, -0.2) is 35.1 Å². The van der Waals surface area contributed by atoms with Crippen molar-refractivity contribution >= 4 is 32.5 Å². The van der Waals surface area contributed by atoms with Crippen LogP contribution in [-0.2, 0) is 21.2 Å². The van der Waals surface area contributed by atoms with Gasteiger partial charge in [-0.25, -0.2) is 8.42 Å². The van der Waals surface area contributed by atoms with Gasteiger partial charge in [-0.15, -0.1) is 0 Å². The van der Waals surface area contributed by atoms with Crippen molar-refractivity contribution in [2.75, 3.05) is 10.5 Å². The van der Waals surface area contributed by atoms with Crippen molar-refractivity contribution in [2.45, 2.75) is 38.5 Å². The van der Waals surface area contributed by atoms with E-state index in [-0.39, 0.29) is 35.6 Å². The van der Waals surface area contributed by atoms with E-state index in [4.69, 9.17) is 0 Å². The first-order valence-electron chi connectivity index (χ1n) is 9.80. The highest BCUT2D eigenvalue weighted by Crippen LogP contribution is 2.31. The van der Waals surface area contributed by atoms with E-state index < -0.39 is 10.0 Å². The SMILES string of the molecule is C[C@@H](CC(=O)Cc1cc2[nH]nc(NS(=O)(=O)CC3CC3)c2cn1)c1ccccc1. The number of nitrogens with one attached hydrogen (secondary N) is 2. The average Bonchev–Trinajstić information content (AvgIpc) is 3.40. The number of Topliss-reactive ketones (excluding diaryl/α,β-unsaturated/α-hetero) is 1. The van der Waals surface area contributed by atoms with E-state index in [2.05, 4.69) is 19.9 Å². The lowest BCUT2D eigenvalue weighted by atomic mass is 9.94. The molecule has 1 aliphatic rings. The van der Waals surface area contributed by atoms with Crippen molar-refractivity contribution in [3.05, 3.63) is 53.9 Å². The number of carbonyl (C=O) groups is 1. The summed E-state index contributed by atoms with van der Waals surface area (Å²) in [7, 11) is -3.42. The first kappa shape index (κ1) is 19.6. The number of H-pyrrole nitrogens is 1. The predicted octanol–water partition coefficient (Wildman–Crippen LogP) is 3.42. The minimum Gasteiger partial charge on any atom is -0.299 e. The van der Waals surface area contributed by atoms with Crippen LogP contribution in [0.25, 0.3) is 10.9 Å². The Morgan fingerprint density at radius 2 is 2.03 bits per heavy atom. The second-order valence-corrected chi connectivity index (χ2v) is 9.62. The summed E-state index contributed by atoms with van der Waals surface area (Å²) in [5, 5.41) is 7.50. The number of nitrogens with zero attached hydrogens (tertiary/aromatic N) is 2. The average molecular weight is 413 g/mol. The number of benzene rings is 1. The molecule has 2 N–H and O–H groups in total. The van der Waals surface area contributed by atoms with Crippen LogP contribution in [0.3, 0.4) is 0 Å². The molecule has 0 unspecified atom stereocenters. The summed E-state index contributed by atoms with van der Waals surface area (Å²) >= 11 is 0. The molecule has 0 spiro atoms. The number of hydrogen-bond acceptors (Lipinski definition) is 5. The largest absolute Gasteiger partial charge is 0.299 e. The molecule has 0 amide bonds. The lowest BCUT2D eigenvalue weighted by molar-refractivity contribution is -0.118. The summed E-state index contributed by atoms with van der Waals surface area (Å²) in [6.45, 7) is 2.04. The highest BCUT2D eigenvalue weighted by atomic mass is 32.2. The van der Waals surface area contributed by atoms with Gasteiger partial charge in [0.15, 0.2) is 5.82 Å². The van der Waals surface area contributed by atoms with Crippen LogP contribution in [0.1, 0.15) is 43.4 Å². The number of carbonyl (C=O) groups excluding carboxylic acids is 1. The molecule has 1 fully saturated rings. The maximum Gasteiger partial charge on any atom is 0.234 e. The Hall–Kier alpha value is -2.74. The number of hydrogen-bond donors (Lipinski definition) is 2. The molecular formula is C21H24N4O3S. The smallest absolute Gasteiger partial charge is 0.234 e. The zero-order chi connectivity index (χ0) is 20.4. The Bertz CT molecular complexity index is 1120. The first-order valence-corrected chi connectivity index (χ1v) is 11.4. The summed E-state index contributed by atoms with van der Waals surface area (Å²) in [6, 6.07) is 11.7. The molecule has 1 atom stereocenters. The van der Waals surface area contributed by atoms with Gasteiger partial charge in [0.1, 0.15) is 5.78 Å². The topological polar surface area (TPSA) is 105 Å². The number of fused-ring (bicyclic) bond motifs is 1. The lowest BCUT2D eigenvalue weighted by Gasteiger charge is -2.10. The summed E-state index contributed by atoms with van der Waals surface area (Å²) < 4.78 is 26.9. The molecule has 152 valence electrons. The zero-order valence-corrected chi connectivity index (χ0v) is 17.1. The van der Waals surface area contributed by atoms with Gasteiger partial charge < -0.3 is 0 Å². The second-order valence-electron chi connectivity index (χ2n) is 7.85. The van der Waals surface area contributed by atoms with E-state index in [1.807, 2.05) is 37.3 Å². The third kappa shape index (κ3) is 5.00. The molecule has 1 saturated carbocycles. The van der Waals surface area contributed by atoms with Gasteiger partial charge in [-0.2, -0.15) is 5.10 Å². The fourth-order valence-electron chi connectivity index (χ4n) is 3.43. The van der Waals surface area contributed by atoms with E-state index >= 15 is 0 Å². The molecule has 0 bridgehead atoms. The molecule has 0 aliphatic heterocycles. The van der Waals surface area contributed by atoms with Crippen molar-refractivity contribution in [3.63, 3.8) is 0 Å². The van der Waals surface area contributed by atoms with Gasteiger partial charge in [-0.05, 0) is 36.3 Å². The number of aromatic nitrogens is 3. The maximum atomic E-state index is 12.5. The van der Waals surface area contributed by atoms with Gasteiger partial charge >= 0.3 is 0 Å². The third-order valence-electron chi connectivity index (χ3n) is 5.19. The highest BCUT2D eigenvalue weighted by molar-refractivity contribution is 7.92. The molecule has 8 heteroatoms. The van der Waals surface area contributed by atoms with E-state index in [1.54, 1.807) is 12.3 Å². The van der Waals surface area contributed by atoms with E-state index in [9.17, 15) is 13.2 Å². The van der Waals surface area contributed by atoms with Crippen LogP contribution in [0, 0.1) is 5.92 Å². The molecule has 4 rings (SSSR count). The second kappa shape index (κ2) is 7.94. The quantitative estimate of drug-likeness (QED) is 0.560. The Labute approximate surface area is 170 Å². The zero-order valence-electron chi connectivity index (χ0n) is 16.3. The molecular weight excluding hydrogens is 388 g/mol. The standard InChI is InChI=1S/C21H24N4O3S/c1-14(16-5-3-2-4-6-16)9-18(26)10-17-11-20-19(12-22-17)21(24-23-20)25-29(27,28)13-15-7-8-15/h2-6,11-12,14-15H,7-10,13H2,1H3,(H2,23,24,25)/t14-/m0/s1. The van der Waals surface area contributed by atoms with Gasteiger partial charge in [0.2, 0.25) is 10.0 Å². The molecule has 7 nitrogen and oxygen atoms in total. The number of ketones is 1. The fourth-order valence-corrected chi connectivity index (χ4v) is 4.92. The third-order valence-corrected chi connectivity index (χ3v) is 6.60. The van der Waals surface area contributed by atoms with Crippen LogP contribution in [0.5, 0.6) is 0 Å². The summed E-state index contributed by atoms with van der Waals surface area (Å²) in [5.41, 5.74) is 2.43. The molecule has 29 heavy (non-hydrogen) atoms. The Kier molecular flexibility index (Phi) is 5.36. The van der Waals surface area contributed by atoms with Crippen molar-refractivity contribution in [1.82, 2.24) is 15.2 Å². The molecule has 0 saturated heterocycles. The van der Waals surface area contributed by atoms with Gasteiger partial charge in [0, 0.05) is 24.7 Å². The normalized spacial score (nSPS) is 15.3. The Morgan fingerprint density at radius 3 is 2.76 bits per heavy atom. The van der Waals surface area contributed by atoms with Crippen LogP contribution in [0.4, 0.5) is 5.82 Å². The minimum absolute atomic E-state index is 0.109. The van der Waals surface area contributed by atoms with Crippen molar-refractivity contribution in [3.8, 4) is 0 Å². The Balaban J connectivity index is 1.42. The van der Waals surface area contributed by atoms with Gasteiger partial charge in [-0.3, -0.25) is 19.6 Å². The molecule has 3 aromatic rings. The van der Waals surface area contributed by atoms with Gasteiger partial charge in [0.05, 0.1) is 16.7 Å². The van der Waals surface area contributed by atoms with Crippen LogP contribution in [0.15, 0.2) is 42.6 Å². The minimum atomic E-state index is -3.42. The van der Waals surface area contributed by atoms with Crippen molar-refractivity contribution in [1.29, 1.82) is 0 Å². The molecule has 1 aliphatic carbocycles. The lowest BCUT2D eigenvalue weighted by Crippen LogP contribution is -2.18. The predicted molar refractivity (Wildman–Crippen MR) is 112 cm³/mol. The Morgan fingerprint density at radius 1 is 1.28 bits per heavy atom. The number of pyridine rings is 1. The number of anilines is 1.